The summed E-state index contributed by atoms with van der Waals surface area (Å²) >= 11 is 0. The predicted octanol–water partition coefficient (Wildman–Crippen LogP) is 2.58. The van der Waals surface area contributed by atoms with Gasteiger partial charge in [-0.15, -0.1) is 0 Å². The zero-order valence-electron chi connectivity index (χ0n) is 10.4. The van der Waals surface area contributed by atoms with Crippen LogP contribution in [0.1, 0.15) is 0 Å². The number of esters is 1. The standard InChI is InChI=1S/C14H11NO5/c16-14(20-13-4-2-1-3-5-13)10-19-12-8-6-11(7-9-12)15(17)18/h1-9H,10H2. The minimum absolute atomic E-state index is 0.0378. The Bertz CT molecular complexity index is 595. The van der Waals surface area contributed by atoms with Crippen LogP contribution >= 0.6 is 0 Å². The second-order valence-electron chi connectivity index (χ2n) is 3.83. The van der Waals surface area contributed by atoms with Gasteiger partial charge in [-0.1, -0.05) is 18.2 Å². The third-order valence-corrected chi connectivity index (χ3v) is 2.38. The Morgan fingerprint density at radius 3 is 2.25 bits per heavy atom. The van der Waals surface area contributed by atoms with Crippen LogP contribution in [0.2, 0.25) is 0 Å². The van der Waals surface area contributed by atoms with Crippen LogP contribution in [0.25, 0.3) is 0 Å². The molecule has 20 heavy (non-hydrogen) atoms. The van der Waals surface area contributed by atoms with E-state index in [-0.39, 0.29) is 12.3 Å². The number of carbonyl (C=O) groups excluding carboxylic acids is 1. The minimum atomic E-state index is -0.547. The summed E-state index contributed by atoms with van der Waals surface area (Å²) in [5, 5.41) is 10.5. The van der Waals surface area contributed by atoms with E-state index in [4.69, 9.17) is 9.47 Å². The number of para-hydroxylation sites is 1. The Balaban J connectivity index is 1.85. The molecule has 2 aromatic rings. The van der Waals surface area contributed by atoms with Gasteiger partial charge in [0.25, 0.3) is 5.69 Å². The Labute approximate surface area is 114 Å². The van der Waals surface area contributed by atoms with Gasteiger partial charge < -0.3 is 9.47 Å². The van der Waals surface area contributed by atoms with Gasteiger partial charge in [-0.25, -0.2) is 4.79 Å². The van der Waals surface area contributed by atoms with Crippen molar-refractivity contribution in [2.24, 2.45) is 0 Å². The molecule has 0 bridgehead atoms. The summed E-state index contributed by atoms with van der Waals surface area (Å²) in [6, 6.07) is 14.1. The predicted molar refractivity (Wildman–Crippen MR) is 70.7 cm³/mol. The minimum Gasteiger partial charge on any atom is -0.482 e. The Morgan fingerprint density at radius 1 is 1.00 bits per heavy atom. The average Bonchev–Trinajstić information content (AvgIpc) is 2.46. The van der Waals surface area contributed by atoms with Crippen molar-refractivity contribution in [1.29, 1.82) is 0 Å². The van der Waals surface area contributed by atoms with Crippen molar-refractivity contribution in [3.8, 4) is 11.5 Å². The molecule has 0 heterocycles. The van der Waals surface area contributed by atoms with Crippen LogP contribution in [-0.4, -0.2) is 17.5 Å². The first-order chi connectivity index (χ1) is 9.65. The number of hydrogen-bond donors (Lipinski definition) is 0. The fourth-order valence-corrected chi connectivity index (χ4v) is 1.46. The molecule has 102 valence electrons. The monoisotopic (exact) mass is 273 g/mol. The molecule has 0 aromatic heterocycles. The normalized spacial score (nSPS) is 9.80. The molecule has 0 radical (unpaired) electrons. The first-order valence-electron chi connectivity index (χ1n) is 5.78. The van der Waals surface area contributed by atoms with Gasteiger partial charge >= 0.3 is 5.97 Å². The van der Waals surface area contributed by atoms with Crippen molar-refractivity contribution < 1.29 is 19.2 Å². The van der Waals surface area contributed by atoms with Gasteiger partial charge in [-0.2, -0.15) is 0 Å². The smallest absolute Gasteiger partial charge is 0.349 e. The number of non-ortho nitro benzene ring substituents is 1. The number of hydrogen-bond acceptors (Lipinski definition) is 5. The van der Waals surface area contributed by atoms with E-state index in [0.717, 1.165) is 0 Å². The van der Waals surface area contributed by atoms with Crippen LogP contribution in [-0.2, 0) is 4.79 Å². The molecule has 0 aliphatic carbocycles. The number of nitro groups is 1. The zero-order chi connectivity index (χ0) is 14.4. The summed E-state index contributed by atoms with van der Waals surface area (Å²) in [5.41, 5.74) is -0.0378. The summed E-state index contributed by atoms with van der Waals surface area (Å²) in [4.78, 5) is 21.5. The summed E-state index contributed by atoms with van der Waals surface area (Å²) in [5.74, 6) is 0.250. The zero-order valence-corrected chi connectivity index (χ0v) is 10.4. The molecular weight excluding hydrogens is 262 g/mol. The number of benzene rings is 2. The van der Waals surface area contributed by atoms with Gasteiger partial charge in [0.2, 0.25) is 0 Å². The van der Waals surface area contributed by atoms with E-state index in [1.807, 2.05) is 6.07 Å². The SMILES string of the molecule is O=C(COc1ccc([N+](=O)[O-])cc1)Oc1ccccc1. The van der Waals surface area contributed by atoms with Crippen molar-refractivity contribution >= 4 is 11.7 Å². The van der Waals surface area contributed by atoms with Gasteiger partial charge in [-0.05, 0) is 24.3 Å². The Kier molecular flexibility index (Phi) is 4.28. The maximum absolute atomic E-state index is 11.5. The molecule has 2 rings (SSSR count). The molecule has 0 saturated heterocycles. The molecule has 0 saturated carbocycles. The lowest BCUT2D eigenvalue weighted by Gasteiger charge is -2.06. The Hall–Kier alpha value is -2.89. The van der Waals surface area contributed by atoms with Gasteiger partial charge in [0.1, 0.15) is 11.5 Å². The van der Waals surface area contributed by atoms with E-state index < -0.39 is 10.9 Å². The third kappa shape index (κ3) is 3.81. The van der Waals surface area contributed by atoms with E-state index in [1.54, 1.807) is 24.3 Å². The molecule has 2 aromatic carbocycles. The van der Waals surface area contributed by atoms with Crippen molar-refractivity contribution in [2.75, 3.05) is 6.61 Å². The highest BCUT2D eigenvalue weighted by Gasteiger charge is 2.08. The molecule has 0 unspecified atom stereocenters. The van der Waals surface area contributed by atoms with E-state index in [1.165, 1.54) is 24.3 Å². The van der Waals surface area contributed by atoms with E-state index >= 15 is 0 Å². The third-order valence-electron chi connectivity index (χ3n) is 2.38. The molecular formula is C14H11NO5. The molecule has 6 nitrogen and oxygen atoms in total. The number of nitrogens with zero attached hydrogens (tertiary/aromatic N) is 1. The van der Waals surface area contributed by atoms with Gasteiger partial charge in [0.15, 0.2) is 6.61 Å². The molecule has 0 N–H and O–H groups in total. The summed E-state index contributed by atoms with van der Waals surface area (Å²) in [6.45, 7) is -0.271. The Morgan fingerprint density at radius 2 is 1.65 bits per heavy atom. The van der Waals surface area contributed by atoms with Crippen LogP contribution in [0.5, 0.6) is 11.5 Å². The fourth-order valence-electron chi connectivity index (χ4n) is 1.46. The summed E-state index contributed by atoms with van der Waals surface area (Å²) < 4.78 is 10.2. The molecule has 0 spiro atoms. The molecule has 0 aliphatic heterocycles. The van der Waals surface area contributed by atoms with E-state index in [2.05, 4.69) is 0 Å². The number of carbonyl (C=O) groups is 1. The van der Waals surface area contributed by atoms with Crippen LogP contribution in [0.3, 0.4) is 0 Å². The van der Waals surface area contributed by atoms with Crippen LogP contribution in [0.15, 0.2) is 54.6 Å². The first kappa shape index (κ1) is 13.5. The first-order valence-corrected chi connectivity index (χ1v) is 5.78. The lowest BCUT2D eigenvalue weighted by molar-refractivity contribution is -0.384. The van der Waals surface area contributed by atoms with Crippen molar-refractivity contribution in [3.63, 3.8) is 0 Å². The lowest BCUT2D eigenvalue weighted by atomic mass is 10.3. The van der Waals surface area contributed by atoms with Crippen LogP contribution in [0, 0.1) is 10.1 Å². The van der Waals surface area contributed by atoms with Crippen LogP contribution in [0.4, 0.5) is 5.69 Å². The molecule has 0 atom stereocenters. The highest BCUT2D eigenvalue weighted by molar-refractivity contribution is 5.73. The van der Waals surface area contributed by atoms with Crippen molar-refractivity contribution in [3.05, 3.63) is 64.7 Å². The number of rotatable bonds is 5. The highest BCUT2D eigenvalue weighted by Crippen LogP contribution is 2.17. The quantitative estimate of drug-likeness (QED) is 0.362. The summed E-state index contributed by atoms with van der Waals surface area (Å²) in [6.07, 6.45) is 0. The maximum atomic E-state index is 11.5. The van der Waals surface area contributed by atoms with Crippen molar-refractivity contribution in [1.82, 2.24) is 0 Å². The highest BCUT2D eigenvalue weighted by atomic mass is 16.6. The van der Waals surface area contributed by atoms with Gasteiger partial charge in [-0.3, -0.25) is 10.1 Å². The fraction of sp³-hybridized carbons (Fsp3) is 0.0714. The second kappa shape index (κ2) is 6.33. The molecule has 0 fully saturated rings. The second-order valence-corrected chi connectivity index (χ2v) is 3.83. The topological polar surface area (TPSA) is 78.7 Å². The molecule has 0 amide bonds. The van der Waals surface area contributed by atoms with E-state index in [0.29, 0.717) is 11.5 Å². The van der Waals surface area contributed by atoms with Crippen molar-refractivity contribution in [2.45, 2.75) is 0 Å². The van der Waals surface area contributed by atoms with E-state index in [9.17, 15) is 14.9 Å². The number of nitro benzene ring substituents is 1. The number of ether oxygens (including phenoxy) is 2. The largest absolute Gasteiger partial charge is 0.482 e. The lowest BCUT2D eigenvalue weighted by Crippen LogP contribution is -2.17. The molecule has 0 aliphatic rings. The molecule has 6 heteroatoms. The van der Waals surface area contributed by atoms with Crippen LogP contribution < -0.4 is 9.47 Å². The van der Waals surface area contributed by atoms with Gasteiger partial charge in [0.05, 0.1) is 4.92 Å². The maximum Gasteiger partial charge on any atom is 0.349 e. The van der Waals surface area contributed by atoms with Gasteiger partial charge in [0, 0.05) is 12.1 Å². The summed E-state index contributed by atoms with van der Waals surface area (Å²) in [7, 11) is 0. The average molecular weight is 273 g/mol.